The summed E-state index contributed by atoms with van der Waals surface area (Å²) in [7, 11) is 1.88. The van der Waals surface area contributed by atoms with Crippen molar-refractivity contribution < 1.29 is 14.3 Å². The Morgan fingerprint density at radius 2 is 2.12 bits per heavy atom. The van der Waals surface area contributed by atoms with Crippen LogP contribution in [0.15, 0.2) is 0 Å². The molecule has 0 bridgehead atoms. The van der Waals surface area contributed by atoms with Gasteiger partial charge in [0, 0.05) is 12.6 Å². The molecule has 3 atom stereocenters. The second-order valence-electron chi connectivity index (χ2n) is 4.49. The van der Waals surface area contributed by atoms with Gasteiger partial charge in [0.2, 0.25) is 5.91 Å². The fourth-order valence-corrected chi connectivity index (χ4v) is 2.35. The molecule has 2 aliphatic rings. The maximum absolute atomic E-state index is 12.3. The van der Waals surface area contributed by atoms with Crippen molar-refractivity contribution >= 4 is 5.91 Å². The van der Waals surface area contributed by atoms with Crippen LogP contribution in [0.1, 0.15) is 6.92 Å². The third-order valence-electron chi connectivity index (χ3n) is 3.42. The molecule has 0 saturated carbocycles. The molecule has 2 unspecified atom stereocenters. The predicted molar refractivity (Wildman–Crippen MR) is 59.2 cm³/mol. The Labute approximate surface area is 96.1 Å². The number of carbonyl (C=O) groups excluding carboxylic acids is 1. The number of amides is 1. The van der Waals surface area contributed by atoms with E-state index in [-0.39, 0.29) is 23.9 Å². The summed E-state index contributed by atoms with van der Waals surface area (Å²) >= 11 is 0. The van der Waals surface area contributed by atoms with Gasteiger partial charge in [-0.2, -0.15) is 0 Å². The van der Waals surface area contributed by atoms with Crippen molar-refractivity contribution in [2.24, 2.45) is 5.92 Å². The minimum Gasteiger partial charge on any atom is -0.379 e. The first-order valence-electron chi connectivity index (χ1n) is 5.87. The largest absolute Gasteiger partial charge is 0.379 e. The minimum absolute atomic E-state index is 0.0365. The molecule has 0 aliphatic carbocycles. The lowest BCUT2D eigenvalue weighted by Gasteiger charge is -2.35. The summed E-state index contributed by atoms with van der Waals surface area (Å²) in [6.45, 7) is 5.19. The van der Waals surface area contributed by atoms with E-state index in [1.54, 1.807) is 0 Å². The van der Waals surface area contributed by atoms with Gasteiger partial charge in [-0.15, -0.1) is 0 Å². The summed E-state index contributed by atoms with van der Waals surface area (Å²) in [5.74, 6) is 0.165. The Bertz CT molecular complexity index is 256. The topological polar surface area (TPSA) is 50.8 Å². The molecule has 1 N–H and O–H groups in total. The first-order valence-corrected chi connectivity index (χ1v) is 5.87. The number of morpholine rings is 1. The summed E-state index contributed by atoms with van der Waals surface area (Å²) in [4.78, 5) is 14.3. The van der Waals surface area contributed by atoms with E-state index in [2.05, 4.69) is 5.32 Å². The molecule has 0 aromatic rings. The number of rotatable bonds is 2. The molecule has 0 aromatic carbocycles. The first-order chi connectivity index (χ1) is 7.74. The van der Waals surface area contributed by atoms with Crippen molar-refractivity contribution in [2.45, 2.75) is 19.0 Å². The molecular formula is C11H20N2O3. The SMILES string of the molecule is CNC1COCC1C(=O)N1CCOC[C@H]1C. The van der Waals surface area contributed by atoms with Crippen molar-refractivity contribution in [3.8, 4) is 0 Å². The summed E-state index contributed by atoms with van der Waals surface area (Å²) < 4.78 is 10.7. The predicted octanol–water partition coefficient (Wildman–Crippen LogP) is -0.532. The maximum Gasteiger partial charge on any atom is 0.230 e. The van der Waals surface area contributed by atoms with Crippen LogP contribution >= 0.6 is 0 Å². The van der Waals surface area contributed by atoms with E-state index in [0.717, 1.165) is 0 Å². The second kappa shape index (κ2) is 5.12. The lowest BCUT2D eigenvalue weighted by Crippen LogP contribution is -2.52. The summed E-state index contributed by atoms with van der Waals surface area (Å²) in [6.07, 6.45) is 0. The zero-order chi connectivity index (χ0) is 11.5. The number of hydrogen-bond acceptors (Lipinski definition) is 4. The smallest absolute Gasteiger partial charge is 0.230 e. The van der Waals surface area contributed by atoms with E-state index in [4.69, 9.17) is 9.47 Å². The van der Waals surface area contributed by atoms with E-state index in [1.165, 1.54) is 0 Å². The Morgan fingerprint density at radius 1 is 1.31 bits per heavy atom. The van der Waals surface area contributed by atoms with Gasteiger partial charge in [0.15, 0.2) is 0 Å². The number of ether oxygens (including phenoxy) is 2. The van der Waals surface area contributed by atoms with Crippen LogP contribution in [0, 0.1) is 5.92 Å². The molecule has 0 radical (unpaired) electrons. The average Bonchev–Trinajstić information content (AvgIpc) is 2.77. The molecule has 2 fully saturated rings. The van der Waals surface area contributed by atoms with Crippen LogP contribution in [0.3, 0.4) is 0 Å². The number of nitrogens with one attached hydrogen (secondary N) is 1. The van der Waals surface area contributed by atoms with Gasteiger partial charge in [-0.05, 0) is 14.0 Å². The standard InChI is InChI=1S/C11H20N2O3/c1-8-5-15-4-3-13(8)11(14)9-6-16-7-10(9)12-2/h8-10,12H,3-7H2,1-2H3/t8-,9?,10?/m1/s1. The van der Waals surface area contributed by atoms with Crippen LogP contribution in [-0.2, 0) is 14.3 Å². The number of nitrogens with zero attached hydrogens (tertiary/aromatic N) is 1. The monoisotopic (exact) mass is 228 g/mol. The van der Waals surface area contributed by atoms with Gasteiger partial charge >= 0.3 is 0 Å². The van der Waals surface area contributed by atoms with Gasteiger partial charge < -0.3 is 19.7 Å². The Hall–Kier alpha value is -0.650. The van der Waals surface area contributed by atoms with Crippen LogP contribution < -0.4 is 5.32 Å². The van der Waals surface area contributed by atoms with E-state index in [1.807, 2.05) is 18.9 Å². The highest BCUT2D eigenvalue weighted by Gasteiger charge is 2.37. The maximum atomic E-state index is 12.3. The highest BCUT2D eigenvalue weighted by molar-refractivity contribution is 5.80. The van der Waals surface area contributed by atoms with E-state index in [0.29, 0.717) is 33.0 Å². The van der Waals surface area contributed by atoms with Crippen molar-refractivity contribution in [1.29, 1.82) is 0 Å². The highest BCUT2D eigenvalue weighted by Crippen LogP contribution is 2.19. The normalized spacial score (nSPS) is 35.4. The van der Waals surface area contributed by atoms with E-state index in [9.17, 15) is 4.79 Å². The van der Waals surface area contributed by atoms with Gasteiger partial charge in [-0.1, -0.05) is 0 Å². The fraction of sp³-hybridized carbons (Fsp3) is 0.909. The first kappa shape index (κ1) is 11.8. The highest BCUT2D eigenvalue weighted by atomic mass is 16.5. The molecule has 5 heteroatoms. The molecule has 2 heterocycles. The minimum atomic E-state index is -0.0365. The van der Waals surface area contributed by atoms with Gasteiger partial charge in [-0.25, -0.2) is 0 Å². The van der Waals surface area contributed by atoms with Gasteiger partial charge in [0.25, 0.3) is 0 Å². The lowest BCUT2D eigenvalue weighted by molar-refractivity contribution is -0.144. The van der Waals surface area contributed by atoms with Crippen LogP contribution in [0.25, 0.3) is 0 Å². The Kier molecular flexibility index (Phi) is 3.78. The van der Waals surface area contributed by atoms with E-state index < -0.39 is 0 Å². The van der Waals surface area contributed by atoms with Gasteiger partial charge in [0.05, 0.1) is 38.4 Å². The van der Waals surface area contributed by atoms with Crippen molar-refractivity contribution in [1.82, 2.24) is 10.2 Å². The summed E-state index contributed by atoms with van der Waals surface area (Å²) in [5.41, 5.74) is 0. The molecule has 5 nitrogen and oxygen atoms in total. The van der Waals surface area contributed by atoms with E-state index >= 15 is 0 Å². The van der Waals surface area contributed by atoms with Gasteiger partial charge in [0.1, 0.15) is 0 Å². The van der Waals surface area contributed by atoms with Crippen LogP contribution in [0.2, 0.25) is 0 Å². The van der Waals surface area contributed by atoms with Crippen LogP contribution in [0.5, 0.6) is 0 Å². The fourth-order valence-electron chi connectivity index (χ4n) is 2.35. The lowest BCUT2D eigenvalue weighted by atomic mass is 10.0. The third-order valence-corrected chi connectivity index (χ3v) is 3.42. The van der Waals surface area contributed by atoms with Gasteiger partial charge in [-0.3, -0.25) is 4.79 Å². The summed E-state index contributed by atoms with van der Waals surface area (Å²) in [6, 6.07) is 0.335. The molecule has 2 saturated heterocycles. The zero-order valence-electron chi connectivity index (χ0n) is 9.94. The summed E-state index contributed by atoms with van der Waals surface area (Å²) in [5, 5.41) is 3.15. The molecule has 2 aliphatic heterocycles. The average molecular weight is 228 g/mol. The number of carbonyl (C=O) groups is 1. The second-order valence-corrected chi connectivity index (χ2v) is 4.49. The number of hydrogen-bond donors (Lipinski definition) is 1. The van der Waals surface area contributed by atoms with Crippen LogP contribution in [0.4, 0.5) is 0 Å². The van der Waals surface area contributed by atoms with Crippen LogP contribution in [-0.4, -0.2) is 62.9 Å². The van der Waals surface area contributed by atoms with Crippen molar-refractivity contribution in [2.75, 3.05) is 40.0 Å². The third kappa shape index (κ3) is 2.21. The molecule has 2 rings (SSSR count). The quantitative estimate of drug-likeness (QED) is 0.690. The Balaban J connectivity index is 2.00. The molecule has 1 amide bonds. The number of likely N-dealkylation sites (N-methyl/N-ethyl adjacent to an activating group) is 1. The molecular weight excluding hydrogens is 208 g/mol. The van der Waals surface area contributed by atoms with Crippen molar-refractivity contribution in [3.05, 3.63) is 0 Å². The molecule has 16 heavy (non-hydrogen) atoms. The molecule has 0 aromatic heterocycles. The molecule has 92 valence electrons. The Morgan fingerprint density at radius 3 is 2.81 bits per heavy atom. The molecule has 0 spiro atoms. The van der Waals surface area contributed by atoms with Crippen molar-refractivity contribution in [3.63, 3.8) is 0 Å². The zero-order valence-corrected chi connectivity index (χ0v) is 9.94.